The van der Waals surface area contributed by atoms with Crippen molar-refractivity contribution in [1.82, 2.24) is 0 Å². The maximum atomic E-state index is 13.3. The zero-order valence-corrected chi connectivity index (χ0v) is 10.8. The van der Waals surface area contributed by atoms with Crippen molar-refractivity contribution in [3.05, 3.63) is 27.2 Å². The van der Waals surface area contributed by atoms with Gasteiger partial charge in [0.1, 0.15) is 0 Å². The van der Waals surface area contributed by atoms with Gasteiger partial charge in [-0.15, -0.1) is 11.3 Å². The van der Waals surface area contributed by atoms with E-state index in [2.05, 4.69) is 6.92 Å². The zero-order chi connectivity index (χ0) is 12.0. The number of halogens is 3. The molecule has 0 nitrogen and oxygen atoms in total. The van der Waals surface area contributed by atoms with Gasteiger partial charge in [-0.3, -0.25) is 0 Å². The lowest BCUT2D eigenvalue weighted by atomic mass is 10.1. The minimum absolute atomic E-state index is 0.337. The maximum Gasteiger partial charge on any atom is 0.226 e. The molecule has 0 N–H and O–H groups in total. The average Bonchev–Trinajstić information content (AvgIpc) is 2.71. The molecule has 1 aromatic heterocycles. The van der Waals surface area contributed by atoms with Crippen molar-refractivity contribution in [3.63, 3.8) is 0 Å². The lowest BCUT2D eigenvalue weighted by molar-refractivity contribution is 0.647. The van der Waals surface area contributed by atoms with Gasteiger partial charge in [0, 0.05) is 0 Å². The summed E-state index contributed by atoms with van der Waals surface area (Å²) >= 11 is 6.21. The summed E-state index contributed by atoms with van der Waals surface area (Å²) < 4.78 is 25.9. The van der Waals surface area contributed by atoms with E-state index >= 15 is 0 Å². The fourth-order valence-corrected chi connectivity index (χ4v) is 2.59. The molecule has 0 bridgehead atoms. The predicted molar refractivity (Wildman–Crippen MR) is 67.2 cm³/mol. The van der Waals surface area contributed by atoms with Gasteiger partial charge in [-0.2, -0.15) is 4.39 Å². The highest BCUT2D eigenvalue weighted by Gasteiger charge is 2.13. The van der Waals surface area contributed by atoms with Crippen molar-refractivity contribution in [1.29, 1.82) is 0 Å². The Morgan fingerprint density at radius 3 is 2.69 bits per heavy atom. The molecule has 0 aliphatic rings. The Morgan fingerprint density at radius 2 is 2.06 bits per heavy atom. The fourth-order valence-electron chi connectivity index (χ4n) is 1.55. The normalized spacial score (nSPS) is 12.8. The van der Waals surface area contributed by atoms with E-state index in [0.717, 1.165) is 24.8 Å². The van der Waals surface area contributed by atoms with Crippen molar-refractivity contribution < 1.29 is 8.78 Å². The first kappa shape index (κ1) is 13.7. The van der Waals surface area contributed by atoms with Crippen LogP contribution < -0.4 is 0 Å². The molecule has 1 aromatic rings. The van der Waals surface area contributed by atoms with Gasteiger partial charge >= 0.3 is 0 Å². The summed E-state index contributed by atoms with van der Waals surface area (Å²) in [6.07, 6.45) is 5.27. The topological polar surface area (TPSA) is 0 Å². The van der Waals surface area contributed by atoms with Gasteiger partial charge in [0.2, 0.25) is 5.29 Å². The van der Waals surface area contributed by atoms with Crippen LogP contribution in [0.15, 0.2) is 16.7 Å². The Kier molecular flexibility index (Phi) is 5.99. The molecule has 0 aliphatic carbocycles. The average molecular weight is 265 g/mol. The molecule has 0 saturated carbocycles. The standard InChI is InChI=1S/C12H15ClF2S/c1-2-3-4-5-6-9-7-8-16-11(9)10(14)12(13)15/h7-8H,2-6H2,1H3. The van der Waals surface area contributed by atoms with E-state index in [0.29, 0.717) is 4.88 Å². The van der Waals surface area contributed by atoms with E-state index in [1.165, 1.54) is 24.2 Å². The first-order chi connectivity index (χ1) is 7.66. The molecular formula is C12H15ClF2S. The molecule has 1 rings (SSSR count). The molecule has 0 spiro atoms. The van der Waals surface area contributed by atoms with Crippen LogP contribution >= 0.6 is 22.9 Å². The lowest BCUT2D eigenvalue weighted by Crippen LogP contribution is -1.87. The van der Waals surface area contributed by atoms with Crippen molar-refractivity contribution in [2.45, 2.75) is 39.0 Å². The van der Waals surface area contributed by atoms with Crippen LogP contribution in [-0.4, -0.2) is 0 Å². The number of hydrogen-bond donors (Lipinski definition) is 0. The van der Waals surface area contributed by atoms with Crippen LogP contribution in [0.4, 0.5) is 8.78 Å². The van der Waals surface area contributed by atoms with E-state index in [1.54, 1.807) is 5.38 Å². The van der Waals surface area contributed by atoms with Gasteiger partial charge in [0.15, 0.2) is 5.83 Å². The second-order valence-electron chi connectivity index (χ2n) is 3.66. The fraction of sp³-hybridized carbons (Fsp3) is 0.500. The van der Waals surface area contributed by atoms with Crippen molar-refractivity contribution in [2.75, 3.05) is 0 Å². The van der Waals surface area contributed by atoms with Crippen LogP contribution in [0.5, 0.6) is 0 Å². The summed E-state index contributed by atoms with van der Waals surface area (Å²) in [5, 5.41) is 0.515. The Balaban J connectivity index is 2.61. The summed E-state index contributed by atoms with van der Waals surface area (Å²) in [6.45, 7) is 2.14. The van der Waals surface area contributed by atoms with Crippen LogP contribution in [0.2, 0.25) is 0 Å². The quantitative estimate of drug-likeness (QED) is 0.580. The van der Waals surface area contributed by atoms with Crippen molar-refractivity contribution in [2.24, 2.45) is 0 Å². The number of thiophene rings is 1. The SMILES string of the molecule is CCCCCCc1ccsc1C(F)=C(F)Cl. The van der Waals surface area contributed by atoms with E-state index < -0.39 is 11.1 Å². The number of unbranched alkanes of at least 4 members (excludes halogenated alkanes) is 3. The van der Waals surface area contributed by atoms with Gasteiger partial charge in [0.25, 0.3) is 0 Å². The molecule has 0 aromatic carbocycles. The third kappa shape index (κ3) is 3.87. The smallest absolute Gasteiger partial charge is 0.201 e. The van der Waals surface area contributed by atoms with Gasteiger partial charge in [-0.25, -0.2) is 4.39 Å². The summed E-state index contributed by atoms with van der Waals surface area (Å²) in [6, 6.07) is 1.84. The molecular weight excluding hydrogens is 250 g/mol. The third-order valence-corrected chi connectivity index (χ3v) is 3.53. The highest BCUT2D eigenvalue weighted by Crippen LogP contribution is 2.31. The van der Waals surface area contributed by atoms with E-state index in [4.69, 9.17) is 11.6 Å². The molecule has 4 heteroatoms. The second-order valence-corrected chi connectivity index (χ2v) is 4.91. The molecule has 0 unspecified atom stereocenters. The van der Waals surface area contributed by atoms with Crippen molar-refractivity contribution in [3.8, 4) is 0 Å². The zero-order valence-electron chi connectivity index (χ0n) is 9.23. The van der Waals surface area contributed by atoms with Gasteiger partial charge in [-0.05, 0) is 41.5 Å². The lowest BCUT2D eigenvalue weighted by Gasteiger charge is -2.01. The second kappa shape index (κ2) is 7.02. The molecule has 90 valence electrons. The highest BCUT2D eigenvalue weighted by molar-refractivity contribution is 7.11. The minimum atomic E-state index is -1.25. The van der Waals surface area contributed by atoms with Gasteiger partial charge in [0.05, 0.1) is 4.88 Å². The number of rotatable bonds is 6. The molecule has 0 saturated heterocycles. The van der Waals surface area contributed by atoms with E-state index in [1.807, 2.05) is 6.07 Å². The molecule has 16 heavy (non-hydrogen) atoms. The number of hydrogen-bond acceptors (Lipinski definition) is 1. The molecule has 0 atom stereocenters. The van der Waals surface area contributed by atoms with Crippen LogP contribution in [0, 0.1) is 0 Å². The third-order valence-electron chi connectivity index (χ3n) is 2.41. The molecule has 0 amide bonds. The largest absolute Gasteiger partial charge is 0.226 e. The monoisotopic (exact) mass is 264 g/mol. The predicted octanol–water partition coefficient (Wildman–Crippen LogP) is 5.67. The number of aryl methyl sites for hydroxylation is 1. The van der Waals surface area contributed by atoms with E-state index in [-0.39, 0.29) is 0 Å². The Morgan fingerprint density at radius 1 is 1.31 bits per heavy atom. The van der Waals surface area contributed by atoms with Crippen LogP contribution in [0.3, 0.4) is 0 Å². The Bertz CT molecular complexity index is 354. The summed E-state index contributed by atoms with van der Waals surface area (Å²) in [5.74, 6) is -0.929. The van der Waals surface area contributed by atoms with Gasteiger partial charge in [-0.1, -0.05) is 26.2 Å². The maximum absolute atomic E-state index is 13.3. The van der Waals surface area contributed by atoms with Crippen LogP contribution in [-0.2, 0) is 6.42 Å². The Hall–Kier alpha value is -0.410. The minimum Gasteiger partial charge on any atom is -0.201 e. The summed E-state index contributed by atoms with van der Waals surface area (Å²) in [4.78, 5) is 0.337. The highest BCUT2D eigenvalue weighted by atomic mass is 35.5. The summed E-state index contributed by atoms with van der Waals surface area (Å²) in [7, 11) is 0. The van der Waals surface area contributed by atoms with E-state index in [9.17, 15) is 8.78 Å². The first-order valence-corrected chi connectivity index (χ1v) is 6.70. The van der Waals surface area contributed by atoms with Crippen LogP contribution in [0.25, 0.3) is 5.83 Å². The molecule has 0 fully saturated rings. The summed E-state index contributed by atoms with van der Waals surface area (Å²) in [5.41, 5.74) is 0.856. The first-order valence-electron chi connectivity index (χ1n) is 5.44. The van der Waals surface area contributed by atoms with Crippen LogP contribution in [0.1, 0.15) is 43.0 Å². The van der Waals surface area contributed by atoms with Crippen molar-refractivity contribution >= 4 is 28.8 Å². The Labute approximate surface area is 104 Å². The molecule has 0 radical (unpaired) electrons. The molecule has 1 heterocycles. The molecule has 0 aliphatic heterocycles. The van der Waals surface area contributed by atoms with Gasteiger partial charge < -0.3 is 0 Å².